The number of rotatable bonds is 6. The number of fused-ring (bicyclic) bond motifs is 1. The number of unbranched alkanes of at least 4 members (excludes halogenated alkanes) is 1. The number of primary amides is 1. The second-order valence-electron chi connectivity index (χ2n) is 4.72. The summed E-state index contributed by atoms with van der Waals surface area (Å²) in [6.45, 7) is 1.02. The lowest BCUT2D eigenvalue weighted by Crippen LogP contribution is -2.48. The van der Waals surface area contributed by atoms with Crippen molar-refractivity contribution in [2.24, 2.45) is 17.6 Å². The van der Waals surface area contributed by atoms with E-state index >= 15 is 0 Å². The fourth-order valence-corrected chi connectivity index (χ4v) is 2.66. The largest absolute Gasteiger partial charge is 0.370 e. The van der Waals surface area contributed by atoms with Gasteiger partial charge in [0.05, 0.1) is 0 Å². The first-order chi connectivity index (χ1) is 7.27. The zero-order valence-electron chi connectivity index (χ0n) is 9.11. The van der Waals surface area contributed by atoms with Crippen LogP contribution in [0.15, 0.2) is 12.2 Å². The maximum atomic E-state index is 10.5. The average Bonchev–Trinajstić information content (AvgIpc) is 2.53. The van der Waals surface area contributed by atoms with Crippen molar-refractivity contribution in [2.75, 3.05) is 6.54 Å². The van der Waals surface area contributed by atoms with Crippen LogP contribution in [0.3, 0.4) is 0 Å². The molecule has 2 aliphatic carbocycles. The van der Waals surface area contributed by atoms with Gasteiger partial charge in [-0.1, -0.05) is 12.2 Å². The van der Waals surface area contributed by atoms with Gasteiger partial charge >= 0.3 is 0 Å². The van der Waals surface area contributed by atoms with Gasteiger partial charge in [0, 0.05) is 12.5 Å². The van der Waals surface area contributed by atoms with Crippen LogP contribution in [0.2, 0.25) is 0 Å². The van der Waals surface area contributed by atoms with Gasteiger partial charge in [-0.25, -0.2) is 0 Å². The molecular formula is C12H20N2O. The Bertz CT molecular complexity index is 262. The van der Waals surface area contributed by atoms with Crippen molar-refractivity contribution in [1.29, 1.82) is 0 Å². The maximum absolute atomic E-state index is 10.5. The number of allylic oxidation sites excluding steroid dienone is 1. The summed E-state index contributed by atoms with van der Waals surface area (Å²) < 4.78 is 0. The second kappa shape index (κ2) is 4.79. The van der Waals surface area contributed by atoms with Crippen LogP contribution in [0.5, 0.6) is 0 Å². The summed E-state index contributed by atoms with van der Waals surface area (Å²) in [5.41, 5.74) is 5.07. The van der Waals surface area contributed by atoms with Gasteiger partial charge in [-0.15, -0.1) is 0 Å². The summed E-state index contributed by atoms with van der Waals surface area (Å²) in [5, 5.41) is 3.56. The number of carbonyl (C=O) groups is 1. The molecule has 0 bridgehead atoms. The van der Waals surface area contributed by atoms with Crippen molar-refractivity contribution in [3.8, 4) is 0 Å². The number of hydrogen-bond donors (Lipinski definition) is 2. The molecule has 0 radical (unpaired) electrons. The Morgan fingerprint density at radius 3 is 3.07 bits per heavy atom. The van der Waals surface area contributed by atoms with E-state index in [9.17, 15) is 4.79 Å². The Kier molecular flexibility index (Phi) is 3.41. The number of nitrogens with two attached hydrogens (primary N) is 1. The molecule has 1 fully saturated rings. The summed E-state index contributed by atoms with van der Waals surface area (Å²) >= 11 is 0. The Morgan fingerprint density at radius 1 is 1.47 bits per heavy atom. The minimum absolute atomic E-state index is 0.183. The quantitative estimate of drug-likeness (QED) is 0.509. The van der Waals surface area contributed by atoms with Gasteiger partial charge < -0.3 is 11.1 Å². The van der Waals surface area contributed by atoms with Gasteiger partial charge in [0.2, 0.25) is 5.91 Å². The molecule has 0 aromatic rings. The number of nitrogens with one attached hydrogen (secondary N) is 1. The highest BCUT2D eigenvalue weighted by Crippen LogP contribution is 2.42. The maximum Gasteiger partial charge on any atom is 0.217 e. The third-order valence-electron chi connectivity index (χ3n) is 3.62. The van der Waals surface area contributed by atoms with Crippen molar-refractivity contribution in [2.45, 2.75) is 38.1 Å². The van der Waals surface area contributed by atoms with E-state index in [0.717, 1.165) is 31.2 Å². The van der Waals surface area contributed by atoms with Crippen LogP contribution in [-0.4, -0.2) is 18.5 Å². The lowest BCUT2D eigenvalue weighted by Gasteiger charge is -2.40. The molecule has 15 heavy (non-hydrogen) atoms. The van der Waals surface area contributed by atoms with E-state index in [1.54, 1.807) is 0 Å². The minimum atomic E-state index is -0.183. The predicted octanol–water partition coefficient (Wildman–Crippen LogP) is 1.20. The molecule has 0 aliphatic heterocycles. The molecule has 2 rings (SSSR count). The number of carbonyl (C=O) groups excluding carboxylic acids is 1. The smallest absolute Gasteiger partial charge is 0.217 e. The van der Waals surface area contributed by atoms with Gasteiger partial charge in [0.1, 0.15) is 0 Å². The van der Waals surface area contributed by atoms with Crippen LogP contribution in [0.1, 0.15) is 32.1 Å². The lowest BCUT2D eigenvalue weighted by atomic mass is 9.71. The summed E-state index contributed by atoms with van der Waals surface area (Å²) in [6.07, 6.45) is 9.77. The van der Waals surface area contributed by atoms with Gasteiger partial charge in [-0.05, 0) is 44.1 Å². The van der Waals surface area contributed by atoms with Crippen LogP contribution in [-0.2, 0) is 4.79 Å². The predicted molar refractivity (Wildman–Crippen MR) is 60.2 cm³/mol. The highest BCUT2D eigenvalue weighted by atomic mass is 16.1. The molecule has 1 amide bonds. The van der Waals surface area contributed by atoms with E-state index in [4.69, 9.17) is 5.73 Å². The van der Waals surface area contributed by atoms with E-state index < -0.39 is 0 Å². The van der Waals surface area contributed by atoms with Gasteiger partial charge in [0.25, 0.3) is 0 Å². The van der Waals surface area contributed by atoms with Gasteiger partial charge in [0.15, 0.2) is 0 Å². The third kappa shape index (κ3) is 2.59. The zero-order chi connectivity index (χ0) is 10.7. The SMILES string of the molecule is NC(=O)CCCCNC1CC2CC=CC21. The van der Waals surface area contributed by atoms with Crippen LogP contribution in [0, 0.1) is 11.8 Å². The molecule has 1 saturated carbocycles. The fourth-order valence-electron chi connectivity index (χ4n) is 2.66. The van der Waals surface area contributed by atoms with Crippen molar-refractivity contribution in [1.82, 2.24) is 5.32 Å². The molecule has 2 aliphatic rings. The highest BCUT2D eigenvalue weighted by Gasteiger charge is 2.40. The molecule has 0 aromatic carbocycles. The molecule has 0 aromatic heterocycles. The molecule has 0 saturated heterocycles. The second-order valence-corrected chi connectivity index (χ2v) is 4.72. The molecule has 3 heteroatoms. The highest BCUT2D eigenvalue weighted by molar-refractivity contribution is 5.73. The van der Waals surface area contributed by atoms with Crippen LogP contribution in [0.25, 0.3) is 0 Å². The summed E-state index contributed by atoms with van der Waals surface area (Å²) in [4.78, 5) is 10.5. The van der Waals surface area contributed by atoms with Crippen molar-refractivity contribution in [3.05, 3.63) is 12.2 Å². The van der Waals surface area contributed by atoms with Crippen LogP contribution >= 0.6 is 0 Å². The molecule has 0 spiro atoms. The molecule has 3 unspecified atom stereocenters. The molecule has 0 heterocycles. The Labute approximate surface area is 91.1 Å². The monoisotopic (exact) mass is 208 g/mol. The molecule has 3 atom stereocenters. The Hall–Kier alpha value is -0.830. The van der Waals surface area contributed by atoms with E-state index in [-0.39, 0.29) is 5.91 Å². The average molecular weight is 208 g/mol. The Balaban J connectivity index is 1.52. The lowest BCUT2D eigenvalue weighted by molar-refractivity contribution is -0.118. The van der Waals surface area contributed by atoms with Crippen LogP contribution in [0.4, 0.5) is 0 Å². The van der Waals surface area contributed by atoms with E-state index in [1.165, 1.54) is 12.8 Å². The number of amides is 1. The topological polar surface area (TPSA) is 55.1 Å². The van der Waals surface area contributed by atoms with E-state index in [0.29, 0.717) is 12.5 Å². The fraction of sp³-hybridized carbons (Fsp3) is 0.750. The van der Waals surface area contributed by atoms with E-state index in [1.807, 2.05) is 0 Å². The standard InChI is InChI=1S/C12H20N2O/c13-12(15)6-1-2-7-14-11-8-9-4-3-5-10(9)11/h3,5,9-11,14H,1-2,4,6-8H2,(H2,13,15). The minimum Gasteiger partial charge on any atom is -0.370 e. The third-order valence-corrected chi connectivity index (χ3v) is 3.62. The zero-order valence-corrected chi connectivity index (χ0v) is 9.11. The molecule has 3 nitrogen and oxygen atoms in total. The van der Waals surface area contributed by atoms with Crippen molar-refractivity contribution >= 4 is 5.91 Å². The first kappa shape index (κ1) is 10.7. The first-order valence-electron chi connectivity index (χ1n) is 5.95. The van der Waals surface area contributed by atoms with Crippen molar-refractivity contribution < 1.29 is 4.79 Å². The van der Waals surface area contributed by atoms with Gasteiger partial charge in [-0.3, -0.25) is 4.79 Å². The number of hydrogen-bond acceptors (Lipinski definition) is 2. The van der Waals surface area contributed by atoms with Crippen molar-refractivity contribution in [3.63, 3.8) is 0 Å². The molecular weight excluding hydrogens is 188 g/mol. The first-order valence-corrected chi connectivity index (χ1v) is 5.95. The summed E-state index contributed by atoms with van der Waals surface area (Å²) in [7, 11) is 0. The normalized spacial score (nSPS) is 32.4. The summed E-state index contributed by atoms with van der Waals surface area (Å²) in [5.74, 6) is 1.53. The van der Waals surface area contributed by atoms with E-state index in [2.05, 4.69) is 17.5 Å². The van der Waals surface area contributed by atoms with Gasteiger partial charge in [-0.2, -0.15) is 0 Å². The molecule has 84 valence electrons. The summed E-state index contributed by atoms with van der Waals surface area (Å²) in [6, 6.07) is 0.697. The van der Waals surface area contributed by atoms with Crippen LogP contribution < -0.4 is 11.1 Å². The molecule has 3 N–H and O–H groups in total. The Morgan fingerprint density at radius 2 is 2.33 bits per heavy atom.